The van der Waals surface area contributed by atoms with Crippen LogP contribution in [-0.4, -0.2) is 101 Å². The third-order valence-electron chi connectivity index (χ3n) is 11.0. The molecule has 0 aromatic heterocycles. The molecule has 4 aliphatic heterocycles. The van der Waals surface area contributed by atoms with Gasteiger partial charge in [0, 0.05) is 75.2 Å². The van der Waals surface area contributed by atoms with E-state index in [0.29, 0.717) is 43.1 Å². The molecule has 306 valence electrons. The number of fused-ring (bicyclic) bond motifs is 1. The van der Waals surface area contributed by atoms with E-state index in [1.807, 2.05) is 29.6 Å². The molecule has 59 heavy (non-hydrogen) atoms. The van der Waals surface area contributed by atoms with Gasteiger partial charge in [-0.2, -0.15) is 0 Å². The number of carbonyl (C=O) groups excluding carboxylic acids is 4. The molecule has 0 radical (unpaired) electrons. The van der Waals surface area contributed by atoms with Gasteiger partial charge in [0.15, 0.2) is 5.82 Å². The Kier molecular flexibility index (Phi) is 8.89. The number of phenolic OH excluding ortho intramolecular Hbond substituents is 2. The fourth-order valence-corrected chi connectivity index (χ4v) is 8.19. The lowest BCUT2D eigenvalue weighted by Gasteiger charge is -2.40. The van der Waals surface area contributed by atoms with E-state index in [1.165, 1.54) is 0 Å². The van der Waals surface area contributed by atoms with Gasteiger partial charge >= 0.3 is 0 Å². The molecule has 0 saturated carbocycles. The summed E-state index contributed by atoms with van der Waals surface area (Å²) in [6, 6.07) is 19.9. The maximum Gasteiger partial charge on any atom is 0.265 e. The molecule has 8 rings (SSSR count). The van der Waals surface area contributed by atoms with Gasteiger partial charge in [0.05, 0.1) is 22.3 Å². The van der Waals surface area contributed by atoms with E-state index in [2.05, 4.69) is 4.90 Å². The van der Waals surface area contributed by atoms with Gasteiger partial charge in [-0.3, -0.25) is 34.3 Å². The van der Waals surface area contributed by atoms with Crippen LogP contribution in [0.25, 0.3) is 11.1 Å². The molecular weight excluding hydrogens is 780 g/mol. The van der Waals surface area contributed by atoms with Gasteiger partial charge < -0.3 is 20.0 Å². The van der Waals surface area contributed by atoms with Gasteiger partial charge in [0.2, 0.25) is 11.8 Å². The van der Waals surface area contributed by atoms with Crippen molar-refractivity contribution in [2.45, 2.75) is 38.1 Å². The molecule has 4 heterocycles. The number of rotatable bonds is 10. The monoisotopic (exact) mass is 831 g/mol. The first kappa shape index (κ1) is 31.2. The van der Waals surface area contributed by atoms with Gasteiger partial charge in [-0.05, 0) is 95.8 Å². The maximum atomic E-state index is 16.6. The Morgan fingerprint density at radius 2 is 1.34 bits per heavy atom. The van der Waals surface area contributed by atoms with Crippen molar-refractivity contribution in [1.29, 1.82) is 0 Å². The van der Waals surface area contributed by atoms with Gasteiger partial charge in [-0.25, -0.2) is 8.78 Å². The Morgan fingerprint density at radius 1 is 0.763 bits per heavy atom. The fourth-order valence-electron chi connectivity index (χ4n) is 8.00. The minimum Gasteiger partial charge on any atom is -0.508 e. The molecule has 0 spiro atoms. The minimum atomic E-state index is -3.65. The van der Waals surface area contributed by atoms with Gasteiger partial charge in [0.25, 0.3) is 11.8 Å². The predicted octanol–water partition coefficient (Wildman–Crippen LogP) is 6.40. The highest BCUT2D eigenvalue weighted by Gasteiger charge is 2.48. The number of carbonyl (C=O) groups is 4. The number of piperidine rings is 2. The quantitative estimate of drug-likeness (QED) is 0.0944. The molecule has 11 nitrogen and oxygen atoms in total. The summed E-state index contributed by atoms with van der Waals surface area (Å²) in [5.74, 6) is -8.17. The average molecular weight is 832 g/mol. The molecule has 3 fully saturated rings. The van der Waals surface area contributed by atoms with Crippen molar-refractivity contribution in [2.75, 3.05) is 61.3 Å². The second-order valence-electron chi connectivity index (χ2n) is 14.6. The summed E-state index contributed by atoms with van der Waals surface area (Å²) < 4.78 is 104. The van der Waals surface area contributed by atoms with Crippen LogP contribution in [0.5, 0.6) is 11.5 Å². The zero-order valence-corrected chi connectivity index (χ0v) is 32.2. The van der Waals surface area contributed by atoms with E-state index in [4.69, 9.17) is 22.6 Å². The number of nitrogens with zero attached hydrogens (tertiary/aromatic N) is 4. The number of nitrogens with one attached hydrogen (secondary N) is 1. The lowest BCUT2D eigenvalue weighted by atomic mass is 9.88. The van der Waals surface area contributed by atoms with Crippen LogP contribution in [-0.2, 0) is 9.59 Å². The molecule has 4 amide bonds. The first-order valence-corrected chi connectivity index (χ1v) is 19.6. The Hall–Kier alpha value is -5.79. The van der Waals surface area contributed by atoms with Crippen LogP contribution in [0.4, 0.5) is 20.2 Å². The van der Waals surface area contributed by atoms with Crippen LogP contribution in [0.3, 0.4) is 0 Å². The number of allylic oxidation sites excluding steroid dienone is 1. The third kappa shape index (κ3) is 8.01. The number of halogens is 3. The largest absolute Gasteiger partial charge is 0.508 e. The molecule has 3 saturated heterocycles. The molecule has 14 heteroatoms. The molecular formula is C45H44ClF2N5O6. The molecule has 4 aromatic rings. The number of hydrogen-bond donors (Lipinski definition) is 3. The summed E-state index contributed by atoms with van der Waals surface area (Å²) in [7, 11) is 0. The average Bonchev–Trinajstić information content (AvgIpc) is 3.54. The number of amides is 4. The number of alkyl halides is 1. The first-order chi connectivity index (χ1) is 31.5. The summed E-state index contributed by atoms with van der Waals surface area (Å²) in [6.45, 7) is -13.8. The van der Waals surface area contributed by atoms with Crippen LogP contribution in [0, 0.1) is 17.6 Å². The Balaban J connectivity index is 1.02. The Labute approximate surface area is 356 Å². The van der Waals surface area contributed by atoms with Crippen molar-refractivity contribution in [1.82, 2.24) is 15.1 Å². The van der Waals surface area contributed by atoms with E-state index >= 15 is 8.78 Å². The van der Waals surface area contributed by atoms with Crippen LogP contribution in [0.2, 0.25) is 0 Å². The normalized spacial score (nSPS) is 25.0. The number of anilines is 2. The van der Waals surface area contributed by atoms with Crippen molar-refractivity contribution >= 4 is 57.8 Å². The molecule has 0 aliphatic carbocycles. The smallest absolute Gasteiger partial charge is 0.265 e. The minimum absolute atomic E-state index is 0.0978. The van der Waals surface area contributed by atoms with Crippen LogP contribution in [0.15, 0.2) is 78.9 Å². The highest BCUT2D eigenvalue weighted by molar-refractivity contribution is 6.24. The van der Waals surface area contributed by atoms with Crippen molar-refractivity contribution in [2.24, 2.45) is 5.92 Å². The summed E-state index contributed by atoms with van der Waals surface area (Å²) >= 11 is 6.30. The van der Waals surface area contributed by atoms with E-state index in [-0.39, 0.29) is 40.2 Å². The summed E-state index contributed by atoms with van der Waals surface area (Å²) in [6.07, 6.45) is 0.541. The molecule has 1 unspecified atom stereocenters. The lowest BCUT2D eigenvalue weighted by molar-refractivity contribution is -0.136. The zero-order valence-electron chi connectivity index (χ0n) is 39.5. The standard InChI is InChI=1S/C45H44ClF2N5O6/c46-18-15-34(28-3-9-32(54)10-4-28)39(30-5-11-33(55)12-6-30)29-1-7-31(8-2-29)51-19-16-27(17-20-51)26-50-21-23-52(24-22-50)37-25-35(47)40-41(42(37)48)45(59)53(44(40)58)36-13-14-38(56)49-43(36)57/h1-12,25,27,36,54-55H,13-24,26H2,(H,49,56,57)/i21D2,22D2,23D2,24D2. The van der Waals surface area contributed by atoms with Gasteiger partial charge in [0.1, 0.15) is 23.4 Å². The van der Waals surface area contributed by atoms with E-state index in [0.717, 1.165) is 33.5 Å². The second-order valence-corrected chi connectivity index (χ2v) is 15.0. The highest BCUT2D eigenvalue weighted by atomic mass is 35.5. The van der Waals surface area contributed by atoms with Gasteiger partial charge in [-0.1, -0.05) is 36.4 Å². The first-order valence-electron chi connectivity index (χ1n) is 23.1. The number of piperazine rings is 1. The molecule has 0 bridgehead atoms. The third-order valence-corrected chi connectivity index (χ3v) is 11.2. The van der Waals surface area contributed by atoms with E-state index in [9.17, 15) is 29.4 Å². The number of hydrogen-bond acceptors (Lipinski definition) is 9. The van der Waals surface area contributed by atoms with Crippen LogP contribution >= 0.6 is 11.6 Å². The number of aromatic hydroxyl groups is 2. The number of imide groups is 2. The van der Waals surface area contributed by atoms with E-state index in [1.54, 1.807) is 48.5 Å². The second kappa shape index (κ2) is 16.8. The molecule has 4 aromatic carbocycles. The summed E-state index contributed by atoms with van der Waals surface area (Å²) in [4.78, 5) is 53.7. The van der Waals surface area contributed by atoms with Crippen LogP contribution < -0.4 is 15.1 Å². The topological polar surface area (TPSA) is 134 Å². The molecule has 4 aliphatic rings. The lowest BCUT2D eigenvalue weighted by Crippen LogP contribution is -2.54. The Morgan fingerprint density at radius 3 is 1.93 bits per heavy atom. The highest BCUT2D eigenvalue weighted by Crippen LogP contribution is 2.38. The molecule has 3 N–H and O–H groups in total. The van der Waals surface area contributed by atoms with E-state index < -0.39 is 96.6 Å². The Bertz CT molecular complexity index is 2660. The van der Waals surface area contributed by atoms with Crippen LogP contribution in [0.1, 0.15) is 80.5 Å². The molecule has 1 atom stereocenters. The fraction of sp³-hybridized carbons (Fsp3) is 0.333. The zero-order chi connectivity index (χ0) is 48.5. The van der Waals surface area contributed by atoms with Crippen molar-refractivity contribution in [3.8, 4) is 11.5 Å². The SMILES string of the molecule is [2H]C1([2H])N(CC2CCN(c3ccc(C(=C(CCCl)c4ccc(O)cc4)c4ccc(O)cc4)cc3)CC2)C([2H])([2H])C([2H])([2H])N(c2cc(F)c3c(c2F)C(=O)N(C2CCC(=O)NC2=O)C3=O)C1([2H])[2H]. The van der Waals surface area contributed by atoms with Crippen molar-refractivity contribution in [3.63, 3.8) is 0 Å². The maximum absolute atomic E-state index is 16.6. The summed E-state index contributed by atoms with van der Waals surface area (Å²) in [5, 5.41) is 22.0. The predicted molar refractivity (Wildman–Crippen MR) is 221 cm³/mol. The number of phenols is 2. The van der Waals surface area contributed by atoms with Crippen molar-refractivity contribution in [3.05, 3.63) is 118 Å². The van der Waals surface area contributed by atoms with Gasteiger partial charge in [-0.15, -0.1) is 11.6 Å². The number of benzene rings is 4. The summed E-state index contributed by atoms with van der Waals surface area (Å²) in [5.41, 5.74) is 1.36. The van der Waals surface area contributed by atoms with Crippen molar-refractivity contribution < 1.29 is 49.1 Å².